The van der Waals surface area contributed by atoms with E-state index in [4.69, 9.17) is 0 Å². The Kier molecular flexibility index (Phi) is 8.59. The van der Waals surface area contributed by atoms with Crippen molar-refractivity contribution in [1.82, 2.24) is 0 Å². The molecule has 40 heavy (non-hydrogen) atoms. The molecule has 0 aliphatic carbocycles. The van der Waals surface area contributed by atoms with Crippen molar-refractivity contribution < 1.29 is 0 Å². The molecule has 0 amide bonds. The highest BCUT2D eigenvalue weighted by Gasteiger charge is 2.48. The van der Waals surface area contributed by atoms with Crippen LogP contribution in [-0.4, -0.2) is 16.1 Å². The van der Waals surface area contributed by atoms with Gasteiger partial charge in [0.2, 0.25) is 0 Å². The third-order valence-corrected chi connectivity index (χ3v) is 19.9. The van der Waals surface area contributed by atoms with Crippen LogP contribution in [0.4, 0.5) is 0 Å². The van der Waals surface area contributed by atoms with Crippen LogP contribution in [0.5, 0.6) is 0 Å². The van der Waals surface area contributed by atoms with E-state index in [2.05, 4.69) is 183 Å². The summed E-state index contributed by atoms with van der Waals surface area (Å²) in [6, 6.07) is 56.2. The molecule has 5 aromatic rings. The summed E-state index contributed by atoms with van der Waals surface area (Å²) < 4.78 is 0. The van der Waals surface area contributed by atoms with Gasteiger partial charge in [-0.05, 0) is 12.0 Å². The smallest absolute Gasteiger partial charge is 0.103 e. The largest absolute Gasteiger partial charge is 0.138 e. The Labute approximate surface area is 242 Å². The molecule has 0 nitrogen and oxygen atoms in total. The van der Waals surface area contributed by atoms with E-state index in [0.29, 0.717) is 0 Å². The summed E-state index contributed by atoms with van der Waals surface area (Å²) in [6.07, 6.45) is 5.66. The van der Waals surface area contributed by atoms with Crippen molar-refractivity contribution in [3.63, 3.8) is 0 Å². The molecular weight excluding hydrogens is 513 g/mol. The number of allylic oxidation sites excluding steroid dienone is 2. The van der Waals surface area contributed by atoms with Crippen LogP contribution in [0.15, 0.2) is 175 Å². The van der Waals surface area contributed by atoms with Gasteiger partial charge in [-0.2, -0.15) is 0 Å². The first-order valence-corrected chi connectivity index (χ1v) is 19.2. The predicted octanol–water partition coefficient (Wildman–Crippen LogP) is 7.14. The van der Waals surface area contributed by atoms with Gasteiger partial charge in [0.05, 0.1) is 0 Å². The molecule has 0 fully saturated rings. The number of rotatable bonds is 10. The fraction of sp³-hybridized carbons (Fsp3) is 0.105. The zero-order valence-electron chi connectivity index (χ0n) is 23.6. The monoisotopic (exact) mass is 550 g/mol. The second kappa shape index (κ2) is 12.5. The molecule has 5 aromatic carbocycles. The zero-order chi connectivity index (χ0) is 27.8. The van der Waals surface area contributed by atoms with E-state index in [0.717, 1.165) is 6.42 Å². The molecule has 0 aromatic heterocycles. The topological polar surface area (TPSA) is 0 Å². The molecule has 0 saturated carbocycles. The SMILES string of the molecule is C=CCC(C=C([Si](C)(c1ccccc1)c1ccccc1)[Si](C)(c1ccccc1)c1ccccc1)c1ccccc1. The Bertz CT molecular complexity index is 1360. The van der Waals surface area contributed by atoms with Crippen LogP contribution in [0.3, 0.4) is 0 Å². The van der Waals surface area contributed by atoms with E-state index in [1.165, 1.54) is 26.3 Å². The molecule has 2 heteroatoms. The van der Waals surface area contributed by atoms with E-state index in [1.54, 1.807) is 4.82 Å². The predicted molar refractivity (Wildman–Crippen MR) is 180 cm³/mol. The molecule has 0 N–H and O–H groups in total. The first-order chi connectivity index (χ1) is 19.6. The van der Waals surface area contributed by atoms with Gasteiger partial charge in [-0.1, -0.05) is 202 Å². The minimum absolute atomic E-state index is 0.243. The van der Waals surface area contributed by atoms with Crippen molar-refractivity contribution in [2.75, 3.05) is 0 Å². The highest BCUT2D eigenvalue weighted by atomic mass is 28.4. The molecule has 198 valence electrons. The highest BCUT2D eigenvalue weighted by molar-refractivity contribution is 7.24. The lowest BCUT2D eigenvalue weighted by atomic mass is 9.96. The third kappa shape index (κ3) is 5.38. The van der Waals surface area contributed by atoms with Crippen molar-refractivity contribution in [2.45, 2.75) is 25.4 Å². The lowest BCUT2D eigenvalue weighted by molar-refractivity contribution is 0.864. The van der Waals surface area contributed by atoms with Gasteiger partial charge in [0.1, 0.15) is 16.1 Å². The van der Waals surface area contributed by atoms with Gasteiger partial charge in [0.15, 0.2) is 0 Å². The molecule has 0 aliphatic rings. The van der Waals surface area contributed by atoms with Crippen molar-refractivity contribution in [2.24, 2.45) is 0 Å². The van der Waals surface area contributed by atoms with E-state index >= 15 is 0 Å². The molecule has 0 radical (unpaired) electrons. The fourth-order valence-electron chi connectivity index (χ4n) is 6.26. The average Bonchev–Trinajstić information content (AvgIpc) is 3.04. The summed E-state index contributed by atoms with van der Waals surface area (Å²) in [6.45, 7) is 9.34. The number of hydrogen-bond acceptors (Lipinski definition) is 0. The maximum absolute atomic E-state index is 4.18. The molecule has 1 atom stereocenters. The maximum atomic E-state index is 4.18. The van der Waals surface area contributed by atoms with Gasteiger partial charge < -0.3 is 0 Å². The standard InChI is InChI=1S/C38H38Si2/c1-4-20-33(32-21-10-5-11-22-32)31-38(39(2,34-23-12-6-13-24-34)35-25-14-7-15-26-35)40(3,36-27-16-8-17-28-36)37-29-18-9-19-30-37/h4-19,21-31,33H,1,20H2,2-3H3. The van der Waals surface area contributed by atoms with Crippen molar-refractivity contribution in [3.05, 3.63) is 181 Å². The van der Waals surface area contributed by atoms with Gasteiger partial charge in [-0.3, -0.25) is 0 Å². The fourth-order valence-corrected chi connectivity index (χ4v) is 18.4. The molecule has 0 heterocycles. The van der Waals surface area contributed by atoms with Crippen LogP contribution < -0.4 is 20.7 Å². The number of hydrogen-bond donors (Lipinski definition) is 0. The first kappa shape index (κ1) is 27.6. The van der Waals surface area contributed by atoms with Crippen LogP contribution in [0.25, 0.3) is 0 Å². The quantitative estimate of drug-likeness (QED) is 0.128. The second-order valence-corrected chi connectivity index (χ2v) is 19.2. The third-order valence-electron chi connectivity index (χ3n) is 8.50. The molecule has 0 aliphatic heterocycles. The van der Waals surface area contributed by atoms with Crippen molar-refractivity contribution in [1.29, 1.82) is 0 Å². The Morgan fingerprint density at radius 3 is 1.12 bits per heavy atom. The van der Waals surface area contributed by atoms with Crippen molar-refractivity contribution in [3.8, 4) is 0 Å². The molecule has 0 saturated heterocycles. The summed E-state index contributed by atoms with van der Waals surface area (Å²) in [5, 5.41) is 5.79. The van der Waals surface area contributed by atoms with Crippen LogP contribution in [0, 0.1) is 0 Å². The minimum Gasteiger partial charge on any atom is -0.103 e. The normalized spacial score (nSPS) is 12.3. The summed E-state index contributed by atoms with van der Waals surface area (Å²) in [5.41, 5.74) is 1.34. The molecule has 0 spiro atoms. The van der Waals surface area contributed by atoms with Crippen LogP contribution >= 0.6 is 0 Å². The van der Waals surface area contributed by atoms with Crippen LogP contribution in [-0.2, 0) is 0 Å². The van der Waals surface area contributed by atoms with Gasteiger partial charge in [-0.15, -0.1) is 6.58 Å². The molecule has 0 bridgehead atoms. The Balaban J connectivity index is 1.91. The second-order valence-electron chi connectivity index (χ2n) is 10.8. The molecular formula is C38H38Si2. The van der Waals surface area contributed by atoms with E-state index in [9.17, 15) is 0 Å². The summed E-state index contributed by atoms with van der Waals surface area (Å²) in [4.78, 5) is 1.63. The van der Waals surface area contributed by atoms with Crippen molar-refractivity contribution >= 4 is 36.9 Å². The first-order valence-electron chi connectivity index (χ1n) is 14.2. The maximum Gasteiger partial charge on any atom is 0.138 e. The lowest BCUT2D eigenvalue weighted by Crippen LogP contribution is -2.70. The molecule has 5 rings (SSSR count). The van der Waals surface area contributed by atoms with Crippen LogP contribution in [0.2, 0.25) is 13.1 Å². The molecule has 1 unspecified atom stereocenters. The summed E-state index contributed by atoms with van der Waals surface area (Å²) in [7, 11) is -4.94. The minimum atomic E-state index is -2.47. The highest BCUT2D eigenvalue weighted by Crippen LogP contribution is 2.32. The van der Waals surface area contributed by atoms with Crippen LogP contribution in [0.1, 0.15) is 17.9 Å². The van der Waals surface area contributed by atoms with Gasteiger partial charge in [-0.25, -0.2) is 0 Å². The Morgan fingerprint density at radius 2 is 0.825 bits per heavy atom. The Morgan fingerprint density at radius 1 is 0.525 bits per heavy atom. The zero-order valence-corrected chi connectivity index (χ0v) is 25.6. The summed E-state index contributed by atoms with van der Waals surface area (Å²) >= 11 is 0. The van der Waals surface area contributed by atoms with E-state index < -0.39 is 16.1 Å². The van der Waals surface area contributed by atoms with E-state index in [-0.39, 0.29) is 5.92 Å². The number of benzene rings is 5. The van der Waals surface area contributed by atoms with Gasteiger partial charge in [0.25, 0.3) is 0 Å². The van der Waals surface area contributed by atoms with Gasteiger partial charge in [0, 0.05) is 5.92 Å². The van der Waals surface area contributed by atoms with E-state index in [1.807, 2.05) is 0 Å². The lowest BCUT2D eigenvalue weighted by Gasteiger charge is -2.43. The summed E-state index contributed by atoms with van der Waals surface area (Å²) in [5.74, 6) is 0.243. The average molecular weight is 551 g/mol. The van der Waals surface area contributed by atoms with Gasteiger partial charge >= 0.3 is 0 Å². The Hall–Kier alpha value is -3.99.